The molecule has 8 rings (SSSR count). The molecule has 0 radical (unpaired) electrons. The molecule has 39 heavy (non-hydrogen) atoms. The second kappa shape index (κ2) is 8.04. The zero-order chi connectivity index (χ0) is 26.1. The third-order valence-corrected chi connectivity index (χ3v) is 7.49. The Morgan fingerprint density at radius 1 is 0.487 bits per heavy atom. The van der Waals surface area contributed by atoms with Crippen molar-refractivity contribution in [2.75, 3.05) is 0 Å². The number of para-hydroxylation sites is 2. The summed E-state index contributed by atoms with van der Waals surface area (Å²) in [5.74, 6) is 0.0106. The molecule has 5 heteroatoms. The number of aromatic nitrogens is 1. The molecule has 0 aliphatic carbocycles. The SMILES string of the molecule is O=C1Oc2cc3c(cc2=C1c1ccccc1)OC(=O)C=3c1ccc(-n2c3ccccc3c3ccccc32)cc1. The van der Waals surface area contributed by atoms with E-state index in [1.165, 1.54) is 10.8 Å². The molecule has 0 unspecified atom stereocenters. The van der Waals surface area contributed by atoms with E-state index in [1.807, 2.05) is 66.7 Å². The van der Waals surface area contributed by atoms with Crippen LogP contribution in [-0.2, 0) is 9.59 Å². The molecule has 5 nitrogen and oxygen atoms in total. The summed E-state index contributed by atoms with van der Waals surface area (Å²) >= 11 is 0. The van der Waals surface area contributed by atoms with Crippen molar-refractivity contribution in [1.29, 1.82) is 0 Å². The Hall–Kier alpha value is -5.42. The molecular weight excluding hydrogens is 486 g/mol. The van der Waals surface area contributed by atoms with Crippen LogP contribution < -0.4 is 19.9 Å². The van der Waals surface area contributed by atoms with E-state index in [-0.39, 0.29) is 0 Å². The molecule has 5 aromatic carbocycles. The molecule has 0 saturated heterocycles. The van der Waals surface area contributed by atoms with Gasteiger partial charge in [-0.25, -0.2) is 9.59 Å². The largest absolute Gasteiger partial charge is 0.422 e. The van der Waals surface area contributed by atoms with Crippen LogP contribution in [0.5, 0.6) is 11.5 Å². The summed E-state index contributed by atoms with van der Waals surface area (Å²) in [6, 6.07) is 37.4. The number of carbonyl (C=O) groups excluding carboxylic acids is 2. The smallest absolute Gasteiger partial charge is 0.344 e. The second-order valence-corrected chi connectivity index (χ2v) is 9.66. The van der Waals surface area contributed by atoms with Crippen LogP contribution in [0.3, 0.4) is 0 Å². The van der Waals surface area contributed by atoms with Crippen LogP contribution in [0.4, 0.5) is 0 Å². The van der Waals surface area contributed by atoms with E-state index in [1.54, 1.807) is 12.1 Å². The van der Waals surface area contributed by atoms with Crippen LogP contribution in [-0.4, -0.2) is 16.5 Å². The van der Waals surface area contributed by atoms with Crippen molar-refractivity contribution in [3.05, 3.63) is 137 Å². The lowest BCUT2D eigenvalue weighted by Crippen LogP contribution is -2.11. The highest BCUT2D eigenvalue weighted by Gasteiger charge is 2.30. The Morgan fingerprint density at radius 2 is 0.949 bits per heavy atom. The van der Waals surface area contributed by atoms with Gasteiger partial charge in [0.05, 0.1) is 22.2 Å². The van der Waals surface area contributed by atoms with Crippen LogP contribution >= 0.6 is 0 Å². The highest BCUT2D eigenvalue weighted by Crippen LogP contribution is 2.33. The summed E-state index contributed by atoms with van der Waals surface area (Å²) in [4.78, 5) is 25.8. The van der Waals surface area contributed by atoms with Gasteiger partial charge < -0.3 is 14.0 Å². The predicted molar refractivity (Wildman–Crippen MR) is 149 cm³/mol. The molecule has 0 amide bonds. The van der Waals surface area contributed by atoms with Gasteiger partial charge in [0.15, 0.2) is 0 Å². The molecule has 0 bridgehead atoms. The third kappa shape index (κ3) is 3.14. The van der Waals surface area contributed by atoms with Crippen LogP contribution in [0.15, 0.2) is 115 Å². The molecule has 1 aromatic heterocycles. The number of fused-ring (bicyclic) bond motifs is 5. The highest BCUT2D eigenvalue weighted by molar-refractivity contribution is 6.21. The number of carbonyl (C=O) groups is 2. The summed E-state index contributed by atoms with van der Waals surface area (Å²) in [5, 5.41) is 3.62. The molecule has 0 spiro atoms. The topological polar surface area (TPSA) is 57.5 Å². The molecule has 0 saturated carbocycles. The van der Waals surface area contributed by atoms with E-state index in [4.69, 9.17) is 9.47 Å². The van der Waals surface area contributed by atoms with Crippen molar-refractivity contribution in [1.82, 2.24) is 4.57 Å². The van der Waals surface area contributed by atoms with Gasteiger partial charge in [0, 0.05) is 26.9 Å². The molecule has 0 fully saturated rings. The molecule has 184 valence electrons. The Balaban J connectivity index is 1.28. The van der Waals surface area contributed by atoms with Gasteiger partial charge in [-0.2, -0.15) is 0 Å². The summed E-state index contributed by atoms with van der Waals surface area (Å²) in [5.41, 5.74) is 5.64. The third-order valence-electron chi connectivity index (χ3n) is 7.49. The first-order valence-electron chi connectivity index (χ1n) is 12.7. The molecule has 2 aliphatic rings. The Kier molecular flexibility index (Phi) is 4.46. The predicted octanol–water partition coefficient (Wildman–Crippen LogP) is 5.02. The van der Waals surface area contributed by atoms with Crippen molar-refractivity contribution in [2.45, 2.75) is 0 Å². The average Bonchev–Trinajstić information content (AvgIpc) is 3.59. The summed E-state index contributed by atoms with van der Waals surface area (Å²) in [6.07, 6.45) is 0. The Labute approximate surface area is 222 Å². The maximum absolute atomic E-state index is 13.1. The van der Waals surface area contributed by atoms with Crippen molar-refractivity contribution in [3.8, 4) is 17.2 Å². The first-order valence-corrected chi connectivity index (χ1v) is 12.7. The van der Waals surface area contributed by atoms with Gasteiger partial charge in [-0.1, -0.05) is 78.9 Å². The van der Waals surface area contributed by atoms with Crippen LogP contribution in [0.25, 0.3) is 38.6 Å². The minimum Gasteiger partial charge on any atom is -0.422 e. The lowest BCUT2D eigenvalue weighted by Gasteiger charge is -2.09. The number of hydrogen-bond acceptors (Lipinski definition) is 4. The highest BCUT2D eigenvalue weighted by atomic mass is 16.5. The fraction of sp³-hybridized carbons (Fsp3) is 0. The first-order chi connectivity index (χ1) is 19.2. The van der Waals surface area contributed by atoms with Gasteiger partial charge in [0.1, 0.15) is 11.5 Å². The molecular formula is C34H19NO4. The van der Waals surface area contributed by atoms with Crippen LogP contribution in [0, 0.1) is 0 Å². The number of rotatable bonds is 3. The summed E-state index contributed by atoms with van der Waals surface area (Å²) in [7, 11) is 0. The van der Waals surface area contributed by atoms with Gasteiger partial charge in [-0.05, 0) is 47.5 Å². The van der Waals surface area contributed by atoms with Gasteiger partial charge in [0.2, 0.25) is 0 Å². The molecule has 0 N–H and O–H groups in total. The lowest BCUT2D eigenvalue weighted by molar-refractivity contribution is -0.128. The van der Waals surface area contributed by atoms with Crippen molar-refractivity contribution in [2.24, 2.45) is 0 Å². The molecule has 6 aromatic rings. The second-order valence-electron chi connectivity index (χ2n) is 9.66. The van der Waals surface area contributed by atoms with E-state index in [0.717, 1.165) is 27.8 Å². The summed E-state index contributed by atoms with van der Waals surface area (Å²) < 4.78 is 13.5. The van der Waals surface area contributed by atoms with E-state index < -0.39 is 11.9 Å². The molecule has 0 atom stereocenters. The monoisotopic (exact) mass is 505 g/mol. The van der Waals surface area contributed by atoms with Gasteiger partial charge >= 0.3 is 11.9 Å². The quantitative estimate of drug-likeness (QED) is 0.250. The number of hydrogen-bond donors (Lipinski definition) is 0. The minimum atomic E-state index is -0.425. The van der Waals surface area contributed by atoms with E-state index in [0.29, 0.717) is 33.1 Å². The van der Waals surface area contributed by atoms with Gasteiger partial charge in [-0.15, -0.1) is 0 Å². The maximum Gasteiger partial charge on any atom is 0.344 e. The van der Waals surface area contributed by atoms with Gasteiger partial charge in [-0.3, -0.25) is 0 Å². The Morgan fingerprint density at radius 3 is 1.49 bits per heavy atom. The van der Waals surface area contributed by atoms with Crippen LogP contribution in [0.2, 0.25) is 0 Å². The molecule has 2 aliphatic heterocycles. The first kappa shape index (κ1) is 21.6. The van der Waals surface area contributed by atoms with Gasteiger partial charge in [0.25, 0.3) is 0 Å². The van der Waals surface area contributed by atoms with Crippen molar-refractivity contribution in [3.63, 3.8) is 0 Å². The number of ether oxygens (including phenoxy) is 2. The zero-order valence-electron chi connectivity index (χ0n) is 20.5. The summed E-state index contributed by atoms with van der Waals surface area (Å²) in [6.45, 7) is 0. The van der Waals surface area contributed by atoms with E-state index in [9.17, 15) is 9.59 Å². The van der Waals surface area contributed by atoms with E-state index in [2.05, 4.69) is 41.0 Å². The normalized spacial score (nSPS) is 14.1. The van der Waals surface area contributed by atoms with Crippen molar-refractivity contribution >= 4 is 44.9 Å². The standard InChI is InChI=1S/C34H19NO4/c36-33-31(20-8-2-1-3-9-20)25-18-30-26(19-29(25)38-33)32(34(37)39-30)21-14-16-22(17-15-21)35-27-12-6-4-10-23(27)24-11-5-7-13-28(24)35/h1-19H. The molecule has 3 heterocycles. The number of nitrogens with zero attached hydrogens (tertiary/aromatic N) is 1. The number of benzene rings is 5. The average molecular weight is 506 g/mol. The fourth-order valence-corrected chi connectivity index (χ4v) is 5.77. The van der Waals surface area contributed by atoms with Crippen LogP contribution in [0.1, 0.15) is 11.1 Å². The zero-order valence-corrected chi connectivity index (χ0v) is 20.5. The fourth-order valence-electron chi connectivity index (χ4n) is 5.77. The van der Waals surface area contributed by atoms with E-state index >= 15 is 0 Å². The van der Waals surface area contributed by atoms with Crippen molar-refractivity contribution < 1.29 is 19.1 Å². The lowest BCUT2D eigenvalue weighted by atomic mass is 10.0. The maximum atomic E-state index is 13.1. The number of esters is 2. The Bertz CT molecular complexity index is 2080. The minimum absolute atomic E-state index is 0.414.